The van der Waals surface area contributed by atoms with Crippen molar-refractivity contribution in [3.63, 3.8) is 0 Å². The molecule has 1 aliphatic carbocycles. The normalized spacial score (nSPS) is 19.9. The first-order valence-corrected chi connectivity index (χ1v) is 5.82. The summed E-state index contributed by atoms with van der Waals surface area (Å²) < 4.78 is 0. The highest BCUT2D eigenvalue weighted by atomic mass is 14.4. The van der Waals surface area contributed by atoms with Crippen LogP contribution in [0.2, 0.25) is 0 Å². The predicted octanol–water partition coefficient (Wildman–Crippen LogP) is 4.44. The molecule has 0 aromatic heterocycles. The van der Waals surface area contributed by atoms with Crippen LogP contribution in [-0.4, -0.2) is 0 Å². The van der Waals surface area contributed by atoms with Crippen LogP contribution in [0, 0.1) is 23.2 Å². The summed E-state index contributed by atoms with van der Waals surface area (Å²) in [6.45, 7) is 14.0. The highest BCUT2D eigenvalue weighted by Crippen LogP contribution is 2.49. The summed E-state index contributed by atoms with van der Waals surface area (Å²) in [4.78, 5) is 0. The fourth-order valence-electron chi connectivity index (χ4n) is 2.96. The van der Waals surface area contributed by atoms with E-state index in [2.05, 4.69) is 59.8 Å². The highest BCUT2D eigenvalue weighted by molar-refractivity contribution is 5.36. The van der Waals surface area contributed by atoms with Crippen molar-refractivity contribution in [1.29, 1.82) is 0 Å². The Bertz CT molecular complexity index is 243. The third kappa shape index (κ3) is 1.55. The second-order valence-electron chi connectivity index (χ2n) is 5.38. The molecule has 0 bridgehead atoms. The molecule has 0 radical (unpaired) electrons. The molecule has 0 unspecified atom stereocenters. The summed E-state index contributed by atoms with van der Waals surface area (Å²) in [7, 11) is 0. The first kappa shape index (κ1) is 11.6. The van der Waals surface area contributed by atoms with Crippen molar-refractivity contribution < 1.29 is 0 Å². The lowest BCUT2D eigenvalue weighted by Gasteiger charge is -2.41. The Labute approximate surface area is 89.1 Å². The second-order valence-corrected chi connectivity index (χ2v) is 5.38. The van der Waals surface area contributed by atoms with Gasteiger partial charge in [0.05, 0.1) is 0 Å². The molecule has 0 atom stereocenters. The van der Waals surface area contributed by atoms with Crippen LogP contribution in [0.4, 0.5) is 0 Å². The Morgan fingerprint density at radius 1 is 0.929 bits per heavy atom. The molecule has 0 spiro atoms. The maximum absolute atomic E-state index is 2.41. The number of allylic oxidation sites excluding steroid dienone is 4. The predicted molar refractivity (Wildman–Crippen MR) is 64.2 cm³/mol. The third-order valence-electron chi connectivity index (χ3n) is 3.68. The fraction of sp³-hybridized carbons (Fsp3) is 0.714. The lowest BCUT2D eigenvalue weighted by molar-refractivity contribution is 0.218. The molecule has 0 nitrogen and oxygen atoms in total. The van der Waals surface area contributed by atoms with Crippen molar-refractivity contribution in [3.05, 3.63) is 23.8 Å². The van der Waals surface area contributed by atoms with E-state index in [-0.39, 0.29) is 0 Å². The van der Waals surface area contributed by atoms with Crippen LogP contribution in [-0.2, 0) is 0 Å². The van der Waals surface area contributed by atoms with E-state index in [4.69, 9.17) is 0 Å². The molecule has 1 rings (SSSR count). The van der Waals surface area contributed by atoms with Gasteiger partial charge >= 0.3 is 0 Å². The molecule has 80 valence electrons. The highest BCUT2D eigenvalue weighted by Gasteiger charge is 2.40. The van der Waals surface area contributed by atoms with Crippen molar-refractivity contribution >= 4 is 0 Å². The van der Waals surface area contributed by atoms with E-state index in [9.17, 15) is 0 Å². The van der Waals surface area contributed by atoms with E-state index in [1.54, 1.807) is 5.57 Å². The summed E-state index contributed by atoms with van der Waals surface area (Å²) in [6.07, 6.45) is 6.98. The van der Waals surface area contributed by atoms with E-state index in [0.29, 0.717) is 23.2 Å². The van der Waals surface area contributed by atoms with Crippen molar-refractivity contribution in [1.82, 2.24) is 0 Å². The quantitative estimate of drug-likeness (QED) is 0.620. The van der Waals surface area contributed by atoms with Crippen LogP contribution in [0.15, 0.2) is 23.8 Å². The lowest BCUT2D eigenvalue weighted by atomic mass is 9.63. The summed E-state index contributed by atoms with van der Waals surface area (Å²) >= 11 is 0. The standard InChI is InChI=1S/C14H24/c1-10(2)13-8-7-9-14(13,11(3)4)12(5)6/h7-12H,1-6H3. The van der Waals surface area contributed by atoms with E-state index in [1.807, 2.05) is 0 Å². The molecule has 0 heteroatoms. The average Bonchev–Trinajstić information content (AvgIpc) is 2.47. The van der Waals surface area contributed by atoms with Crippen LogP contribution in [0.5, 0.6) is 0 Å². The minimum atomic E-state index is 0.314. The van der Waals surface area contributed by atoms with Gasteiger partial charge in [0.15, 0.2) is 0 Å². The molecule has 0 fully saturated rings. The van der Waals surface area contributed by atoms with Gasteiger partial charge in [-0.25, -0.2) is 0 Å². The average molecular weight is 192 g/mol. The second kappa shape index (κ2) is 3.92. The Morgan fingerprint density at radius 2 is 1.43 bits per heavy atom. The van der Waals surface area contributed by atoms with Gasteiger partial charge in [0.1, 0.15) is 0 Å². The zero-order valence-electron chi connectivity index (χ0n) is 10.5. The molecule has 0 aliphatic heterocycles. The molecule has 0 saturated heterocycles. The van der Waals surface area contributed by atoms with Crippen LogP contribution in [0.25, 0.3) is 0 Å². The molecule has 0 saturated carbocycles. The first-order valence-electron chi connectivity index (χ1n) is 5.82. The maximum atomic E-state index is 2.41. The maximum Gasteiger partial charge on any atom is 0.0145 e. The molecular weight excluding hydrogens is 168 g/mol. The Hall–Kier alpha value is -0.520. The molecule has 0 heterocycles. The SMILES string of the molecule is CC(C)C1=CC=CC1(C(C)C)C(C)C. The van der Waals surface area contributed by atoms with Crippen molar-refractivity contribution in [2.75, 3.05) is 0 Å². The number of rotatable bonds is 3. The zero-order valence-corrected chi connectivity index (χ0v) is 10.5. The Morgan fingerprint density at radius 3 is 1.71 bits per heavy atom. The summed E-state index contributed by atoms with van der Waals surface area (Å²) in [5.74, 6) is 2.04. The van der Waals surface area contributed by atoms with Gasteiger partial charge in [-0.15, -0.1) is 0 Å². The molecule has 0 aromatic rings. The van der Waals surface area contributed by atoms with Gasteiger partial charge in [0, 0.05) is 5.41 Å². The van der Waals surface area contributed by atoms with Crippen LogP contribution < -0.4 is 0 Å². The van der Waals surface area contributed by atoms with Crippen LogP contribution >= 0.6 is 0 Å². The lowest BCUT2D eigenvalue weighted by Crippen LogP contribution is -2.33. The Kier molecular flexibility index (Phi) is 3.24. The largest absolute Gasteiger partial charge is 0.0737 e. The smallest absolute Gasteiger partial charge is 0.0145 e. The van der Waals surface area contributed by atoms with E-state index >= 15 is 0 Å². The fourth-order valence-corrected chi connectivity index (χ4v) is 2.96. The molecule has 0 N–H and O–H groups in total. The van der Waals surface area contributed by atoms with Gasteiger partial charge in [-0.05, 0) is 17.8 Å². The Balaban J connectivity index is 3.11. The van der Waals surface area contributed by atoms with E-state index in [0.717, 1.165) is 0 Å². The van der Waals surface area contributed by atoms with Gasteiger partial charge in [0.2, 0.25) is 0 Å². The molecule has 1 aliphatic rings. The number of hydrogen-bond acceptors (Lipinski definition) is 0. The van der Waals surface area contributed by atoms with E-state index < -0.39 is 0 Å². The summed E-state index contributed by atoms with van der Waals surface area (Å²) in [6, 6.07) is 0. The minimum Gasteiger partial charge on any atom is -0.0737 e. The van der Waals surface area contributed by atoms with Crippen molar-refractivity contribution in [2.45, 2.75) is 41.5 Å². The van der Waals surface area contributed by atoms with Gasteiger partial charge in [-0.3, -0.25) is 0 Å². The van der Waals surface area contributed by atoms with Gasteiger partial charge in [-0.1, -0.05) is 65.3 Å². The molecular formula is C14H24. The third-order valence-corrected chi connectivity index (χ3v) is 3.68. The van der Waals surface area contributed by atoms with Crippen molar-refractivity contribution in [3.8, 4) is 0 Å². The van der Waals surface area contributed by atoms with Crippen LogP contribution in [0.3, 0.4) is 0 Å². The van der Waals surface area contributed by atoms with E-state index in [1.165, 1.54) is 0 Å². The van der Waals surface area contributed by atoms with Crippen LogP contribution in [0.1, 0.15) is 41.5 Å². The first-order chi connectivity index (χ1) is 6.43. The van der Waals surface area contributed by atoms with Gasteiger partial charge in [-0.2, -0.15) is 0 Å². The summed E-state index contributed by atoms with van der Waals surface area (Å²) in [5, 5.41) is 0. The molecule has 0 aromatic carbocycles. The monoisotopic (exact) mass is 192 g/mol. The van der Waals surface area contributed by atoms with Gasteiger partial charge in [0.25, 0.3) is 0 Å². The minimum absolute atomic E-state index is 0.314. The zero-order chi connectivity index (χ0) is 10.9. The topological polar surface area (TPSA) is 0 Å². The number of hydrogen-bond donors (Lipinski definition) is 0. The summed E-state index contributed by atoms with van der Waals surface area (Å²) in [5.41, 5.74) is 1.93. The van der Waals surface area contributed by atoms with Crippen molar-refractivity contribution in [2.24, 2.45) is 23.2 Å². The molecule has 0 amide bonds. The molecule has 14 heavy (non-hydrogen) atoms. The van der Waals surface area contributed by atoms with Gasteiger partial charge < -0.3 is 0 Å².